The van der Waals surface area contributed by atoms with E-state index >= 15 is 0 Å². The van der Waals surface area contributed by atoms with Crippen LogP contribution in [-0.4, -0.2) is 12.6 Å². The fraction of sp³-hybridized carbons (Fsp3) is 0.278. The molecule has 0 spiro atoms. The van der Waals surface area contributed by atoms with Gasteiger partial charge >= 0.3 is 6.09 Å². The summed E-state index contributed by atoms with van der Waals surface area (Å²) in [5.74, 6) is 0. The summed E-state index contributed by atoms with van der Waals surface area (Å²) in [7, 11) is 0. The fourth-order valence-electron chi connectivity index (χ4n) is 2.85. The van der Waals surface area contributed by atoms with Gasteiger partial charge in [-0.1, -0.05) is 52.3 Å². The highest BCUT2D eigenvalue weighted by molar-refractivity contribution is 9.10. The van der Waals surface area contributed by atoms with Gasteiger partial charge in [0, 0.05) is 11.0 Å². The first kappa shape index (κ1) is 15.1. The van der Waals surface area contributed by atoms with Gasteiger partial charge in [-0.2, -0.15) is 0 Å². The molecule has 1 aliphatic heterocycles. The Bertz CT molecular complexity index is 685. The van der Waals surface area contributed by atoms with Crippen LogP contribution in [0.1, 0.15) is 23.1 Å². The number of hydrogen-bond donors (Lipinski definition) is 0. The Kier molecular flexibility index (Phi) is 4.48. The van der Waals surface area contributed by atoms with Crippen LogP contribution >= 0.6 is 15.9 Å². The number of carbonyl (C=O) groups excluding carboxylic acids is 1. The number of nitrogens with zero attached hydrogens (tertiary/aromatic N) is 1. The molecule has 114 valence electrons. The van der Waals surface area contributed by atoms with Crippen molar-refractivity contribution in [1.82, 2.24) is 0 Å². The molecule has 0 bridgehead atoms. The minimum absolute atomic E-state index is 0.272. The Hall–Kier alpha value is -1.81. The minimum Gasteiger partial charge on any atom is -0.444 e. The van der Waals surface area contributed by atoms with Gasteiger partial charge in [-0.3, -0.25) is 4.90 Å². The largest absolute Gasteiger partial charge is 0.444 e. The van der Waals surface area contributed by atoms with Gasteiger partial charge < -0.3 is 4.74 Å². The Balaban J connectivity index is 1.79. The maximum atomic E-state index is 12.5. The predicted molar refractivity (Wildman–Crippen MR) is 91.2 cm³/mol. The van der Waals surface area contributed by atoms with Crippen LogP contribution in [0.2, 0.25) is 0 Å². The normalized spacial score (nSPS) is 13.6. The van der Waals surface area contributed by atoms with Gasteiger partial charge in [0.1, 0.15) is 6.61 Å². The monoisotopic (exact) mass is 359 g/mol. The molecule has 3 nitrogen and oxygen atoms in total. The highest BCUT2D eigenvalue weighted by atomic mass is 79.9. The molecule has 2 aromatic rings. The molecule has 0 aliphatic carbocycles. The summed E-state index contributed by atoms with van der Waals surface area (Å²) in [4.78, 5) is 14.3. The lowest BCUT2D eigenvalue weighted by atomic mass is 9.99. The van der Waals surface area contributed by atoms with Gasteiger partial charge in [0.05, 0.1) is 5.69 Å². The maximum absolute atomic E-state index is 12.5. The van der Waals surface area contributed by atoms with Crippen molar-refractivity contribution >= 4 is 27.7 Å². The number of aryl methyl sites for hydroxylation is 1. The van der Waals surface area contributed by atoms with Gasteiger partial charge in [0.15, 0.2) is 0 Å². The molecule has 3 rings (SSSR count). The van der Waals surface area contributed by atoms with Crippen LogP contribution in [0.4, 0.5) is 10.5 Å². The molecule has 0 unspecified atom stereocenters. The third-order valence-electron chi connectivity index (χ3n) is 3.93. The number of benzene rings is 2. The molecular weight excluding hydrogens is 342 g/mol. The van der Waals surface area contributed by atoms with Gasteiger partial charge in [0.25, 0.3) is 0 Å². The lowest BCUT2D eigenvalue weighted by Crippen LogP contribution is -2.36. The molecule has 0 atom stereocenters. The van der Waals surface area contributed by atoms with E-state index in [0.717, 1.165) is 34.1 Å². The van der Waals surface area contributed by atoms with E-state index in [-0.39, 0.29) is 6.09 Å². The van der Waals surface area contributed by atoms with Crippen LogP contribution in [-0.2, 0) is 17.8 Å². The van der Waals surface area contributed by atoms with Crippen molar-refractivity contribution in [3.63, 3.8) is 0 Å². The van der Waals surface area contributed by atoms with Crippen LogP contribution in [0.15, 0.2) is 46.9 Å². The summed E-state index contributed by atoms with van der Waals surface area (Å²) in [5, 5.41) is 0. The molecule has 0 fully saturated rings. The number of anilines is 1. The number of halogens is 1. The van der Waals surface area contributed by atoms with Crippen LogP contribution in [0.5, 0.6) is 0 Å². The van der Waals surface area contributed by atoms with Gasteiger partial charge in [-0.25, -0.2) is 4.79 Å². The molecule has 1 aliphatic rings. The molecular formula is C18H18BrNO2. The van der Waals surface area contributed by atoms with E-state index in [1.165, 1.54) is 5.56 Å². The van der Waals surface area contributed by atoms with Crippen molar-refractivity contribution < 1.29 is 9.53 Å². The summed E-state index contributed by atoms with van der Waals surface area (Å²) in [6.45, 7) is 3.05. The summed E-state index contributed by atoms with van der Waals surface area (Å²) < 4.78 is 6.55. The van der Waals surface area contributed by atoms with E-state index in [1.54, 1.807) is 4.90 Å². The second-order valence-electron chi connectivity index (χ2n) is 5.49. The van der Waals surface area contributed by atoms with Crippen molar-refractivity contribution in [2.24, 2.45) is 0 Å². The van der Waals surface area contributed by atoms with E-state index < -0.39 is 0 Å². The lowest BCUT2D eigenvalue weighted by molar-refractivity contribution is 0.146. The molecule has 0 radical (unpaired) electrons. The number of amides is 1. The van der Waals surface area contributed by atoms with E-state index in [1.807, 2.05) is 49.4 Å². The van der Waals surface area contributed by atoms with Crippen LogP contribution in [0, 0.1) is 6.92 Å². The molecule has 0 saturated carbocycles. The average Bonchev–Trinajstić information content (AvgIpc) is 2.56. The molecule has 22 heavy (non-hydrogen) atoms. The quantitative estimate of drug-likeness (QED) is 0.767. The summed E-state index contributed by atoms with van der Waals surface area (Å²) in [6, 6.07) is 13.8. The number of carbonyl (C=O) groups is 1. The third-order valence-corrected chi connectivity index (χ3v) is 4.67. The SMILES string of the molecule is Cc1ccc(Br)c2c1N(C(=O)OCc1ccccc1)CCC2. The molecule has 2 aromatic carbocycles. The topological polar surface area (TPSA) is 29.5 Å². The number of fused-ring (bicyclic) bond motifs is 1. The first-order valence-electron chi connectivity index (χ1n) is 7.43. The molecule has 0 N–H and O–H groups in total. The van der Waals surface area contributed by atoms with Gasteiger partial charge in [-0.15, -0.1) is 0 Å². The highest BCUT2D eigenvalue weighted by Gasteiger charge is 2.26. The smallest absolute Gasteiger partial charge is 0.414 e. The summed E-state index contributed by atoms with van der Waals surface area (Å²) in [5.41, 5.74) is 4.30. The Morgan fingerprint density at radius 1 is 1.23 bits per heavy atom. The number of hydrogen-bond acceptors (Lipinski definition) is 2. The zero-order valence-electron chi connectivity index (χ0n) is 12.5. The van der Waals surface area contributed by atoms with Crippen molar-refractivity contribution in [2.75, 3.05) is 11.4 Å². The summed E-state index contributed by atoms with van der Waals surface area (Å²) >= 11 is 3.59. The van der Waals surface area contributed by atoms with E-state index in [2.05, 4.69) is 15.9 Å². The van der Waals surface area contributed by atoms with E-state index in [4.69, 9.17) is 4.74 Å². The predicted octanol–water partition coefficient (Wildman–Crippen LogP) is 4.85. The third kappa shape index (κ3) is 3.02. The molecule has 0 saturated heterocycles. The van der Waals surface area contributed by atoms with E-state index in [0.29, 0.717) is 13.2 Å². The zero-order chi connectivity index (χ0) is 15.5. The van der Waals surface area contributed by atoms with Crippen molar-refractivity contribution in [1.29, 1.82) is 0 Å². The van der Waals surface area contributed by atoms with E-state index in [9.17, 15) is 4.79 Å². The first-order valence-corrected chi connectivity index (χ1v) is 8.22. The van der Waals surface area contributed by atoms with Crippen LogP contribution < -0.4 is 4.90 Å². The maximum Gasteiger partial charge on any atom is 0.414 e. The zero-order valence-corrected chi connectivity index (χ0v) is 14.1. The van der Waals surface area contributed by atoms with Gasteiger partial charge in [-0.05, 0) is 42.5 Å². The number of rotatable bonds is 2. The first-order chi connectivity index (χ1) is 10.7. The van der Waals surface area contributed by atoms with Crippen LogP contribution in [0.25, 0.3) is 0 Å². The van der Waals surface area contributed by atoms with Crippen molar-refractivity contribution in [3.8, 4) is 0 Å². The van der Waals surface area contributed by atoms with Crippen molar-refractivity contribution in [2.45, 2.75) is 26.4 Å². The molecule has 1 heterocycles. The molecule has 0 aromatic heterocycles. The summed E-state index contributed by atoms with van der Waals surface area (Å²) in [6.07, 6.45) is 1.67. The average molecular weight is 360 g/mol. The second kappa shape index (κ2) is 6.53. The fourth-order valence-corrected chi connectivity index (χ4v) is 3.37. The standard InChI is InChI=1S/C18H18BrNO2/c1-13-9-10-16(19)15-8-5-11-20(17(13)15)18(21)22-12-14-6-3-2-4-7-14/h2-4,6-7,9-10H,5,8,11-12H2,1H3. The Morgan fingerprint density at radius 3 is 2.77 bits per heavy atom. The van der Waals surface area contributed by atoms with Gasteiger partial charge in [0.2, 0.25) is 0 Å². The molecule has 4 heteroatoms. The van der Waals surface area contributed by atoms with Crippen LogP contribution in [0.3, 0.4) is 0 Å². The Labute approximate surface area is 139 Å². The van der Waals surface area contributed by atoms with Crippen molar-refractivity contribution in [3.05, 3.63) is 63.6 Å². The lowest BCUT2D eigenvalue weighted by Gasteiger charge is -2.31. The molecule has 1 amide bonds. The Morgan fingerprint density at radius 2 is 2.00 bits per heavy atom. The second-order valence-corrected chi connectivity index (χ2v) is 6.34. The highest BCUT2D eigenvalue weighted by Crippen LogP contribution is 2.36. The minimum atomic E-state index is -0.272. The number of ether oxygens (including phenoxy) is 1.